The molecule has 1 fully saturated rings. The molecule has 0 bridgehead atoms. The molecule has 5 heteroatoms. The Kier molecular flexibility index (Phi) is 4.73. The summed E-state index contributed by atoms with van der Waals surface area (Å²) in [5.74, 6) is -0.0630. The molecule has 5 nitrogen and oxygen atoms in total. The van der Waals surface area contributed by atoms with Crippen molar-refractivity contribution >= 4 is 11.8 Å². The molecule has 18 heavy (non-hydrogen) atoms. The molecule has 0 radical (unpaired) electrons. The van der Waals surface area contributed by atoms with E-state index in [9.17, 15) is 9.59 Å². The van der Waals surface area contributed by atoms with Crippen molar-refractivity contribution < 1.29 is 14.3 Å². The highest BCUT2D eigenvalue weighted by Gasteiger charge is 2.33. The standard InChI is InChI=1S/C13H24N2O3/c1-12(2,3)11(17)14-6-5-10(16)15-7-13(4)8-18-9-13/h5-9H2,1-4H3,(H,14,17)(H,15,16). The zero-order valence-electron chi connectivity index (χ0n) is 11.8. The molecule has 2 N–H and O–H groups in total. The van der Waals surface area contributed by atoms with Crippen LogP contribution in [0.2, 0.25) is 0 Å². The van der Waals surface area contributed by atoms with Crippen LogP contribution in [0, 0.1) is 10.8 Å². The number of carbonyl (C=O) groups is 2. The lowest BCUT2D eigenvalue weighted by atomic mass is 9.89. The maximum atomic E-state index is 11.6. The number of hydrogen-bond acceptors (Lipinski definition) is 3. The Morgan fingerprint density at radius 1 is 1.22 bits per heavy atom. The monoisotopic (exact) mass is 256 g/mol. The quantitative estimate of drug-likeness (QED) is 0.760. The first kappa shape index (κ1) is 15.0. The molecule has 1 heterocycles. The van der Waals surface area contributed by atoms with Gasteiger partial charge in [0.05, 0.1) is 13.2 Å². The van der Waals surface area contributed by atoms with Crippen LogP contribution in [-0.4, -0.2) is 38.1 Å². The summed E-state index contributed by atoms with van der Waals surface area (Å²) in [7, 11) is 0. The van der Waals surface area contributed by atoms with Crippen molar-refractivity contribution in [2.24, 2.45) is 10.8 Å². The molecule has 0 saturated carbocycles. The van der Waals surface area contributed by atoms with Crippen molar-refractivity contribution in [1.82, 2.24) is 10.6 Å². The molecule has 0 aromatic rings. The van der Waals surface area contributed by atoms with E-state index in [0.29, 0.717) is 32.7 Å². The maximum absolute atomic E-state index is 11.6. The highest BCUT2D eigenvalue weighted by Crippen LogP contribution is 2.24. The topological polar surface area (TPSA) is 67.4 Å². The van der Waals surface area contributed by atoms with Gasteiger partial charge in [-0.05, 0) is 0 Å². The molecule has 0 spiro atoms. The molecule has 1 saturated heterocycles. The number of hydrogen-bond donors (Lipinski definition) is 2. The van der Waals surface area contributed by atoms with Gasteiger partial charge < -0.3 is 15.4 Å². The number of amides is 2. The van der Waals surface area contributed by atoms with E-state index in [1.54, 1.807) is 0 Å². The first-order valence-corrected chi connectivity index (χ1v) is 6.36. The van der Waals surface area contributed by atoms with Gasteiger partial charge in [-0.3, -0.25) is 9.59 Å². The van der Waals surface area contributed by atoms with Crippen molar-refractivity contribution in [3.63, 3.8) is 0 Å². The van der Waals surface area contributed by atoms with Crippen LogP contribution in [0.1, 0.15) is 34.1 Å². The summed E-state index contributed by atoms with van der Waals surface area (Å²) in [4.78, 5) is 23.1. The highest BCUT2D eigenvalue weighted by atomic mass is 16.5. The van der Waals surface area contributed by atoms with Gasteiger partial charge in [0.2, 0.25) is 11.8 Å². The van der Waals surface area contributed by atoms with Gasteiger partial charge in [0.25, 0.3) is 0 Å². The second-order valence-electron chi connectivity index (χ2n) is 6.34. The molecule has 104 valence electrons. The average molecular weight is 256 g/mol. The predicted octanol–water partition coefficient (Wildman–Crippen LogP) is 0.691. The molecular weight excluding hydrogens is 232 g/mol. The van der Waals surface area contributed by atoms with E-state index in [1.807, 2.05) is 20.8 Å². The average Bonchev–Trinajstić information content (AvgIpc) is 2.22. The van der Waals surface area contributed by atoms with Gasteiger partial charge >= 0.3 is 0 Å². The maximum Gasteiger partial charge on any atom is 0.225 e. The molecule has 1 aliphatic rings. The van der Waals surface area contributed by atoms with E-state index < -0.39 is 5.41 Å². The summed E-state index contributed by atoms with van der Waals surface area (Å²) in [6.07, 6.45) is 0.318. The lowest BCUT2D eigenvalue weighted by Gasteiger charge is -2.38. The fourth-order valence-corrected chi connectivity index (χ4v) is 1.51. The fourth-order valence-electron chi connectivity index (χ4n) is 1.51. The molecule has 1 rings (SSSR count). The molecule has 0 aliphatic carbocycles. The van der Waals surface area contributed by atoms with Crippen molar-refractivity contribution in [3.05, 3.63) is 0 Å². The first-order chi connectivity index (χ1) is 8.23. The van der Waals surface area contributed by atoms with Gasteiger partial charge in [0.1, 0.15) is 0 Å². The number of nitrogens with one attached hydrogen (secondary N) is 2. The van der Waals surface area contributed by atoms with Crippen LogP contribution in [0.15, 0.2) is 0 Å². The van der Waals surface area contributed by atoms with E-state index in [4.69, 9.17) is 4.74 Å². The normalized spacial score (nSPS) is 17.8. The van der Waals surface area contributed by atoms with E-state index >= 15 is 0 Å². The minimum atomic E-state index is -0.410. The van der Waals surface area contributed by atoms with Gasteiger partial charge in [-0.2, -0.15) is 0 Å². The minimum absolute atomic E-state index is 0.0302. The Morgan fingerprint density at radius 3 is 2.28 bits per heavy atom. The van der Waals surface area contributed by atoms with Gasteiger partial charge in [0, 0.05) is 30.3 Å². The van der Waals surface area contributed by atoms with Gasteiger partial charge in [-0.1, -0.05) is 27.7 Å². The van der Waals surface area contributed by atoms with Crippen LogP contribution in [0.5, 0.6) is 0 Å². The summed E-state index contributed by atoms with van der Waals surface area (Å²) in [6, 6.07) is 0. The van der Waals surface area contributed by atoms with E-state index in [-0.39, 0.29) is 17.2 Å². The summed E-state index contributed by atoms with van der Waals surface area (Å²) >= 11 is 0. The third kappa shape index (κ3) is 4.64. The Hall–Kier alpha value is -1.10. The summed E-state index contributed by atoms with van der Waals surface area (Å²) in [5.41, 5.74) is -0.322. The largest absolute Gasteiger partial charge is 0.380 e. The van der Waals surface area contributed by atoms with Gasteiger partial charge in [-0.15, -0.1) is 0 Å². The van der Waals surface area contributed by atoms with Crippen molar-refractivity contribution in [2.45, 2.75) is 34.1 Å². The summed E-state index contributed by atoms with van der Waals surface area (Å²) in [6.45, 7) is 10.0. The van der Waals surface area contributed by atoms with Crippen molar-refractivity contribution in [3.8, 4) is 0 Å². The zero-order chi connectivity index (χ0) is 13.8. The molecule has 0 unspecified atom stereocenters. The molecule has 0 aromatic carbocycles. The Bertz CT molecular complexity index is 317. The Morgan fingerprint density at radius 2 is 1.83 bits per heavy atom. The lowest BCUT2D eigenvalue weighted by Crippen LogP contribution is -2.49. The number of rotatable bonds is 5. The Balaban J connectivity index is 2.12. The third-order valence-corrected chi connectivity index (χ3v) is 2.93. The third-order valence-electron chi connectivity index (χ3n) is 2.93. The minimum Gasteiger partial charge on any atom is -0.380 e. The number of ether oxygens (including phenoxy) is 1. The summed E-state index contributed by atoms with van der Waals surface area (Å²) in [5, 5.41) is 5.62. The first-order valence-electron chi connectivity index (χ1n) is 6.36. The molecule has 0 atom stereocenters. The van der Waals surface area contributed by atoms with Crippen molar-refractivity contribution in [1.29, 1.82) is 0 Å². The van der Waals surface area contributed by atoms with Gasteiger partial charge in [0.15, 0.2) is 0 Å². The molecule has 0 aromatic heterocycles. The predicted molar refractivity (Wildman–Crippen MR) is 69.0 cm³/mol. The van der Waals surface area contributed by atoms with E-state index in [2.05, 4.69) is 17.6 Å². The van der Waals surface area contributed by atoms with E-state index in [0.717, 1.165) is 0 Å². The molecule has 2 amide bonds. The van der Waals surface area contributed by atoms with Crippen LogP contribution in [0.3, 0.4) is 0 Å². The van der Waals surface area contributed by atoms with Crippen molar-refractivity contribution in [2.75, 3.05) is 26.3 Å². The second kappa shape index (κ2) is 5.69. The smallest absolute Gasteiger partial charge is 0.225 e. The van der Waals surface area contributed by atoms with Crippen LogP contribution in [-0.2, 0) is 14.3 Å². The van der Waals surface area contributed by atoms with Crippen LogP contribution < -0.4 is 10.6 Å². The Labute approximate surface area is 109 Å². The SMILES string of the molecule is CC1(CNC(=O)CCNC(=O)C(C)(C)C)COC1. The fraction of sp³-hybridized carbons (Fsp3) is 0.846. The highest BCUT2D eigenvalue weighted by molar-refractivity contribution is 5.82. The molecular formula is C13H24N2O3. The molecule has 1 aliphatic heterocycles. The van der Waals surface area contributed by atoms with Crippen LogP contribution in [0.4, 0.5) is 0 Å². The van der Waals surface area contributed by atoms with E-state index in [1.165, 1.54) is 0 Å². The summed E-state index contributed by atoms with van der Waals surface area (Å²) < 4.78 is 5.11. The lowest BCUT2D eigenvalue weighted by molar-refractivity contribution is -0.129. The second-order valence-corrected chi connectivity index (χ2v) is 6.34. The van der Waals surface area contributed by atoms with Gasteiger partial charge in [-0.25, -0.2) is 0 Å². The van der Waals surface area contributed by atoms with Crippen LogP contribution in [0.25, 0.3) is 0 Å². The van der Waals surface area contributed by atoms with Crippen LogP contribution >= 0.6 is 0 Å². The zero-order valence-corrected chi connectivity index (χ0v) is 11.8. The number of carbonyl (C=O) groups excluding carboxylic acids is 2.